The molecule has 1 atom stereocenters. The van der Waals surface area contributed by atoms with Crippen LogP contribution in [0.15, 0.2) is 24.3 Å². The molecule has 2 aromatic rings. The molecule has 3 aliphatic rings. The average molecular weight is 376 g/mol. The lowest BCUT2D eigenvalue weighted by Gasteiger charge is -2.45. The molecule has 1 N–H and O–H groups in total. The Morgan fingerprint density at radius 3 is 2.64 bits per heavy atom. The molecule has 0 amide bonds. The second-order valence-electron chi connectivity index (χ2n) is 8.27. The van der Waals surface area contributed by atoms with Gasteiger partial charge < -0.3 is 5.32 Å². The third-order valence-corrected chi connectivity index (χ3v) is 6.32. The molecule has 28 heavy (non-hydrogen) atoms. The van der Waals surface area contributed by atoms with Gasteiger partial charge in [-0.15, -0.1) is 0 Å². The number of aromatic nitrogens is 2. The summed E-state index contributed by atoms with van der Waals surface area (Å²) in [6.45, 7) is 7.69. The number of hydrogen-bond acceptors (Lipinski definition) is 5. The molecule has 5 rings (SSSR count). The van der Waals surface area contributed by atoms with Crippen LogP contribution in [0.5, 0.6) is 0 Å². The minimum atomic E-state index is 0.259. The first-order chi connectivity index (χ1) is 13.6. The summed E-state index contributed by atoms with van der Waals surface area (Å²) >= 11 is 0. The van der Waals surface area contributed by atoms with E-state index >= 15 is 0 Å². The van der Waals surface area contributed by atoms with E-state index < -0.39 is 0 Å². The van der Waals surface area contributed by atoms with E-state index in [4.69, 9.17) is 0 Å². The lowest BCUT2D eigenvalue weighted by atomic mass is 9.86. The summed E-state index contributed by atoms with van der Waals surface area (Å²) in [6.07, 6.45) is 6.47. The van der Waals surface area contributed by atoms with E-state index in [0.717, 1.165) is 42.3 Å². The van der Waals surface area contributed by atoms with Crippen LogP contribution in [-0.4, -0.2) is 40.7 Å². The zero-order valence-corrected chi connectivity index (χ0v) is 16.9. The lowest BCUT2D eigenvalue weighted by Crippen LogP contribution is -2.55. The molecule has 0 saturated carbocycles. The third-order valence-electron chi connectivity index (χ3n) is 6.32. The number of aryl methyl sites for hydroxylation is 3. The SMILES string of the molecule is Cc1ccc(-c2cc(CCCN[C@@H]3CC4CCN3CC4)nc(C#N)n2)cc1C. The smallest absolute Gasteiger partial charge is 0.232 e. The first-order valence-electron chi connectivity index (χ1n) is 10.5. The number of benzene rings is 1. The van der Waals surface area contributed by atoms with E-state index in [-0.39, 0.29) is 5.82 Å². The summed E-state index contributed by atoms with van der Waals surface area (Å²) in [4.78, 5) is 11.4. The van der Waals surface area contributed by atoms with Crippen LogP contribution in [0.4, 0.5) is 0 Å². The van der Waals surface area contributed by atoms with Crippen LogP contribution >= 0.6 is 0 Å². The zero-order valence-electron chi connectivity index (χ0n) is 16.9. The quantitative estimate of drug-likeness (QED) is 0.782. The van der Waals surface area contributed by atoms with Crippen molar-refractivity contribution in [1.82, 2.24) is 20.2 Å². The Balaban J connectivity index is 1.39. The van der Waals surface area contributed by atoms with Gasteiger partial charge in [-0.1, -0.05) is 12.1 Å². The molecule has 1 aromatic carbocycles. The van der Waals surface area contributed by atoms with Gasteiger partial charge in [0, 0.05) is 11.3 Å². The molecule has 3 aliphatic heterocycles. The van der Waals surface area contributed by atoms with Crippen molar-refractivity contribution < 1.29 is 0 Å². The second kappa shape index (κ2) is 8.38. The van der Waals surface area contributed by atoms with Crippen LogP contribution in [0.3, 0.4) is 0 Å². The van der Waals surface area contributed by atoms with Crippen molar-refractivity contribution in [1.29, 1.82) is 5.26 Å². The van der Waals surface area contributed by atoms with E-state index in [1.54, 1.807) is 0 Å². The van der Waals surface area contributed by atoms with Gasteiger partial charge in [0.15, 0.2) is 0 Å². The van der Waals surface area contributed by atoms with Crippen LogP contribution < -0.4 is 5.32 Å². The van der Waals surface area contributed by atoms with Gasteiger partial charge in [-0.05, 0) is 94.8 Å². The summed E-state index contributed by atoms with van der Waals surface area (Å²) in [6, 6.07) is 10.5. The van der Waals surface area contributed by atoms with Crippen LogP contribution in [-0.2, 0) is 6.42 Å². The molecule has 5 nitrogen and oxygen atoms in total. The van der Waals surface area contributed by atoms with Gasteiger partial charge in [-0.2, -0.15) is 5.26 Å². The highest BCUT2D eigenvalue weighted by Gasteiger charge is 2.32. The lowest BCUT2D eigenvalue weighted by molar-refractivity contribution is 0.0314. The molecular weight excluding hydrogens is 346 g/mol. The van der Waals surface area contributed by atoms with Gasteiger partial charge in [0.25, 0.3) is 0 Å². The second-order valence-corrected chi connectivity index (χ2v) is 8.27. The maximum absolute atomic E-state index is 9.34. The largest absolute Gasteiger partial charge is 0.302 e. The molecule has 146 valence electrons. The number of hydrogen-bond donors (Lipinski definition) is 1. The van der Waals surface area contributed by atoms with Crippen molar-refractivity contribution in [3.63, 3.8) is 0 Å². The first-order valence-corrected chi connectivity index (χ1v) is 10.5. The molecule has 1 aromatic heterocycles. The van der Waals surface area contributed by atoms with Crippen LogP contribution in [0.1, 0.15) is 48.3 Å². The first kappa shape index (κ1) is 19.0. The van der Waals surface area contributed by atoms with Gasteiger partial charge >= 0.3 is 0 Å². The summed E-state index contributed by atoms with van der Waals surface area (Å²) in [7, 11) is 0. The molecule has 0 unspecified atom stereocenters. The summed E-state index contributed by atoms with van der Waals surface area (Å²) < 4.78 is 0. The van der Waals surface area contributed by atoms with Gasteiger partial charge in [0.1, 0.15) is 6.07 Å². The average Bonchev–Trinajstić information content (AvgIpc) is 2.74. The summed E-state index contributed by atoms with van der Waals surface area (Å²) in [5.74, 6) is 1.18. The van der Waals surface area contributed by atoms with Gasteiger partial charge in [0.05, 0.1) is 11.9 Å². The van der Waals surface area contributed by atoms with Crippen LogP contribution in [0, 0.1) is 31.1 Å². The molecule has 3 saturated heterocycles. The number of piperidine rings is 3. The number of nitriles is 1. The highest BCUT2D eigenvalue weighted by molar-refractivity contribution is 5.61. The maximum atomic E-state index is 9.34. The van der Waals surface area contributed by atoms with Crippen molar-refractivity contribution >= 4 is 0 Å². The number of rotatable bonds is 6. The molecule has 3 fully saturated rings. The predicted molar refractivity (Wildman–Crippen MR) is 111 cm³/mol. The minimum absolute atomic E-state index is 0.259. The Bertz CT molecular complexity index is 877. The fraction of sp³-hybridized carbons (Fsp3) is 0.522. The van der Waals surface area contributed by atoms with Crippen molar-refractivity contribution in [2.24, 2.45) is 5.92 Å². The Kier molecular flexibility index (Phi) is 5.70. The van der Waals surface area contributed by atoms with Gasteiger partial charge in [0.2, 0.25) is 5.82 Å². The van der Waals surface area contributed by atoms with Crippen molar-refractivity contribution in [2.75, 3.05) is 19.6 Å². The number of nitrogens with one attached hydrogen (secondary N) is 1. The summed E-state index contributed by atoms with van der Waals surface area (Å²) in [5.41, 5.74) is 5.33. The maximum Gasteiger partial charge on any atom is 0.232 e. The summed E-state index contributed by atoms with van der Waals surface area (Å²) in [5, 5.41) is 13.1. The molecule has 0 radical (unpaired) electrons. The predicted octanol–water partition coefficient (Wildman–Crippen LogP) is 3.60. The molecule has 5 heteroatoms. The molecular formula is C23H29N5. The minimum Gasteiger partial charge on any atom is -0.302 e. The number of fused-ring (bicyclic) bond motifs is 3. The topological polar surface area (TPSA) is 64.8 Å². The molecule has 2 bridgehead atoms. The van der Waals surface area contributed by atoms with E-state index in [9.17, 15) is 5.26 Å². The Labute approximate surface area is 167 Å². The van der Waals surface area contributed by atoms with E-state index in [0.29, 0.717) is 6.17 Å². The zero-order chi connectivity index (χ0) is 19.5. The van der Waals surface area contributed by atoms with Crippen molar-refractivity contribution in [3.8, 4) is 17.3 Å². The molecule has 0 aliphatic carbocycles. The normalized spacial score (nSPS) is 23.5. The molecule has 4 heterocycles. The molecule has 0 spiro atoms. The Hall–Kier alpha value is -2.29. The van der Waals surface area contributed by atoms with E-state index in [1.807, 2.05) is 6.07 Å². The van der Waals surface area contributed by atoms with Crippen molar-refractivity contribution in [3.05, 3.63) is 46.9 Å². The third kappa shape index (κ3) is 4.24. The Morgan fingerprint density at radius 2 is 1.96 bits per heavy atom. The number of nitrogens with zero attached hydrogens (tertiary/aromatic N) is 4. The van der Waals surface area contributed by atoms with E-state index in [1.165, 1.54) is 43.5 Å². The standard InChI is InChI=1S/C23H29N5/c1-16-5-6-19(12-17(16)2)21-14-20(26-22(15-24)27-21)4-3-9-25-23-13-18-7-10-28(23)11-8-18/h5-6,12,14,18,23,25H,3-4,7-11,13H2,1-2H3/t23-/m0/s1. The van der Waals surface area contributed by atoms with Crippen molar-refractivity contribution in [2.45, 2.75) is 52.1 Å². The van der Waals surface area contributed by atoms with Crippen LogP contribution in [0.2, 0.25) is 0 Å². The highest BCUT2D eigenvalue weighted by atomic mass is 15.3. The monoisotopic (exact) mass is 375 g/mol. The Morgan fingerprint density at radius 1 is 1.14 bits per heavy atom. The fourth-order valence-electron chi connectivity index (χ4n) is 4.44. The van der Waals surface area contributed by atoms with Gasteiger partial charge in [-0.3, -0.25) is 4.90 Å². The van der Waals surface area contributed by atoms with E-state index in [2.05, 4.69) is 58.3 Å². The van der Waals surface area contributed by atoms with Crippen LogP contribution in [0.25, 0.3) is 11.3 Å². The van der Waals surface area contributed by atoms with Gasteiger partial charge in [-0.25, -0.2) is 9.97 Å². The fourth-order valence-corrected chi connectivity index (χ4v) is 4.44. The highest BCUT2D eigenvalue weighted by Crippen LogP contribution is 2.30.